The second kappa shape index (κ2) is 9.97. The second-order valence-corrected chi connectivity index (χ2v) is 8.89. The third-order valence-corrected chi connectivity index (χ3v) is 6.46. The van der Waals surface area contributed by atoms with Crippen LogP contribution in [0.4, 0.5) is 18.0 Å². The number of halogens is 3. The van der Waals surface area contributed by atoms with Crippen molar-refractivity contribution in [3.8, 4) is 11.1 Å². The number of benzene rings is 2. The third-order valence-electron chi connectivity index (χ3n) is 6.46. The number of carbonyl (C=O) groups excluding carboxylic acids is 2. The number of carbonyl (C=O) groups is 3. The number of aliphatic carboxylic acids is 1. The van der Waals surface area contributed by atoms with Crippen LogP contribution in [0.3, 0.4) is 0 Å². The highest BCUT2D eigenvalue weighted by Gasteiger charge is 2.47. The molecule has 0 heterocycles. The van der Waals surface area contributed by atoms with Crippen molar-refractivity contribution in [3.05, 3.63) is 59.7 Å². The molecule has 2 aromatic rings. The molecule has 2 amide bonds. The van der Waals surface area contributed by atoms with Crippen LogP contribution in [0.1, 0.15) is 36.3 Å². The quantitative estimate of drug-likeness (QED) is 0.492. The Bertz CT molecular complexity index is 1070. The monoisotopic (exact) mass is 490 g/mol. The number of ether oxygens (including phenoxy) is 1. The lowest BCUT2D eigenvalue weighted by molar-refractivity contribution is -0.167. The van der Waals surface area contributed by atoms with Gasteiger partial charge in [-0.25, -0.2) is 4.79 Å². The van der Waals surface area contributed by atoms with E-state index in [1.54, 1.807) is 5.32 Å². The predicted octanol–water partition coefficient (Wildman–Crippen LogP) is 4.07. The Morgan fingerprint density at radius 1 is 1.00 bits per heavy atom. The molecule has 2 unspecified atom stereocenters. The van der Waals surface area contributed by atoms with Crippen LogP contribution >= 0.6 is 0 Å². The van der Waals surface area contributed by atoms with E-state index in [0.29, 0.717) is 0 Å². The van der Waals surface area contributed by atoms with Crippen molar-refractivity contribution < 1.29 is 37.4 Å². The molecule has 3 N–H and O–H groups in total. The highest BCUT2D eigenvalue weighted by atomic mass is 19.4. The Hall–Kier alpha value is -3.56. The molecule has 0 aromatic heterocycles. The molecule has 2 aliphatic rings. The average Bonchev–Trinajstić information content (AvgIpc) is 3.60. The lowest BCUT2D eigenvalue weighted by Crippen LogP contribution is -2.55. The Balaban J connectivity index is 1.38. The highest BCUT2D eigenvalue weighted by molar-refractivity contribution is 5.86. The Morgan fingerprint density at radius 2 is 1.57 bits per heavy atom. The average molecular weight is 490 g/mol. The van der Waals surface area contributed by atoms with Gasteiger partial charge in [-0.15, -0.1) is 0 Å². The van der Waals surface area contributed by atoms with Crippen molar-refractivity contribution in [2.75, 3.05) is 13.2 Å². The molecule has 35 heavy (non-hydrogen) atoms. The molecule has 1 fully saturated rings. The van der Waals surface area contributed by atoms with Crippen LogP contribution in [-0.4, -0.2) is 48.4 Å². The van der Waals surface area contributed by atoms with E-state index in [0.717, 1.165) is 35.1 Å². The number of amides is 2. The SMILES string of the molecule is O=C(O)CC(CNC(=O)C(NC(=O)OCC1c2ccccc2-c2ccccc21)C(F)(F)F)C1CC1. The van der Waals surface area contributed by atoms with Gasteiger partial charge in [0.2, 0.25) is 6.04 Å². The van der Waals surface area contributed by atoms with E-state index in [4.69, 9.17) is 9.84 Å². The minimum absolute atomic E-state index is 0.0610. The maximum Gasteiger partial charge on any atom is 0.417 e. The molecule has 10 heteroatoms. The second-order valence-electron chi connectivity index (χ2n) is 8.89. The number of hydrogen-bond acceptors (Lipinski definition) is 4. The fraction of sp³-hybridized carbons (Fsp3) is 0.400. The van der Waals surface area contributed by atoms with Gasteiger partial charge in [-0.3, -0.25) is 9.59 Å². The van der Waals surface area contributed by atoms with Gasteiger partial charge in [-0.2, -0.15) is 13.2 Å². The zero-order chi connectivity index (χ0) is 25.2. The first-order valence-corrected chi connectivity index (χ1v) is 11.3. The maximum atomic E-state index is 13.5. The first kappa shape index (κ1) is 24.6. The molecule has 2 atom stereocenters. The minimum atomic E-state index is -5.06. The molecule has 1 saturated carbocycles. The number of alkyl halides is 3. The van der Waals surface area contributed by atoms with Gasteiger partial charge in [0, 0.05) is 12.5 Å². The minimum Gasteiger partial charge on any atom is -0.481 e. The van der Waals surface area contributed by atoms with Crippen LogP contribution < -0.4 is 10.6 Å². The molecule has 2 aliphatic carbocycles. The molecule has 0 aliphatic heterocycles. The summed E-state index contributed by atoms with van der Waals surface area (Å²) in [4.78, 5) is 35.6. The van der Waals surface area contributed by atoms with E-state index in [1.807, 2.05) is 48.5 Å². The number of alkyl carbamates (subject to hydrolysis) is 1. The molecule has 7 nitrogen and oxygen atoms in total. The van der Waals surface area contributed by atoms with Crippen LogP contribution in [0.25, 0.3) is 11.1 Å². The van der Waals surface area contributed by atoms with E-state index in [9.17, 15) is 27.6 Å². The summed E-state index contributed by atoms with van der Waals surface area (Å²) in [6, 6.07) is 12.2. The predicted molar refractivity (Wildman–Crippen MR) is 120 cm³/mol. The molecule has 0 bridgehead atoms. The number of carboxylic acid groups (broad SMARTS) is 1. The molecule has 186 valence electrons. The van der Waals surface area contributed by atoms with Gasteiger partial charge in [-0.05, 0) is 46.9 Å². The summed E-state index contributed by atoms with van der Waals surface area (Å²) in [5.74, 6) is -3.28. The smallest absolute Gasteiger partial charge is 0.417 e. The normalized spacial score (nSPS) is 16.5. The molecule has 0 spiro atoms. The number of fused-ring (bicyclic) bond motifs is 3. The Labute approximate surface area is 199 Å². The van der Waals surface area contributed by atoms with E-state index in [-0.39, 0.29) is 31.4 Å². The van der Waals surface area contributed by atoms with Crippen LogP contribution in [0.2, 0.25) is 0 Å². The van der Waals surface area contributed by atoms with E-state index in [2.05, 4.69) is 5.32 Å². The fourth-order valence-corrected chi connectivity index (χ4v) is 4.59. The Morgan fingerprint density at radius 3 is 2.09 bits per heavy atom. The summed E-state index contributed by atoms with van der Waals surface area (Å²) < 4.78 is 45.8. The van der Waals surface area contributed by atoms with Gasteiger partial charge in [-0.1, -0.05) is 48.5 Å². The van der Waals surface area contributed by atoms with Gasteiger partial charge in [0.25, 0.3) is 5.91 Å². The first-order chi connectivity index (χ1) is 16.6. The van der Waals surface area contributed by atoms with Crippen LogP contribution in [-0.2, 0) is 14.3 Å². The molecular weight excluding hydrogens is 465 g/mol. The summed E-state index contributed by atoms with van der Waals surface area (Å²) in [6.45, 7) is -0.414. The largest absolute Gasteiger partial charge is 0.481 e. The lowest BCUT2D eigenvalue weighted by atomic mass is 9.98. The molecule has 2 aromatic carbocycles. The van der Waals surface area contributed by atoms with Crippen molar-refractivity contribution in [1.29, 1.82) is 0 Å². The summed E-state index contributed by atoms with van der Waals surface area (Å²) in [6.07, 6.45) is -5.13. The fourth-order valence-electron chi connectivity index (χ4n) is 4.59. The van der Waals surface area contributed by atoms with Gasteiger partial charge in [0.05, 0.1) is 6.42 Å². The standard InChI is InChI=1S/C25H25F3N2O5/c26-25(27,28)22(23(33)29-12-15(11-21(31)32)14-9-10-14)30-24(34)35-13-20-18-7-3-1-5-16(18)17-6-2-4-8-19(17)20/h1-8,14-15,20,22H,9-13H2,(H,29,33)(H,30,34)(H,31,32). The van der Waals surface area contributed by atoms with E-state index < -0.39 is 36.1 Å². The summed E-state index contributed by atoms with van der Waals surface area (Å²) in [7, 11) is 0. The van der Waals surface area contributed by atoms with E-state index in [1.165, 1.54) is 0 Å². The third kappa shape index (κ3) is 5.75. The molecular formula is C25H25F3N2O5. The van der Waals surface area contributed by atoms with Crippen molar-refractivity contribution in [2.45, 2.75) is 37.4 Å². The molecule has 0 radical (unpaired) electrons. The first-order valence-electron chi connectivity index (χ1n) is 11.3. The molecule has 4 rings (SSSR count). The van der Waals surface area contributed by atoms with Crippen LogP contribution in [0, 0.1) is 11.8 Å². The molecule has 0 saturated heterocycles. The zero-order valence-electron chi connectivity index (χ0n) is 18.7. The van der Waals surface area contributed by atoms with Crippen LogP contribution in [0.5, 0.6) is 0 Å². The lowest BCUT2D eigenvalue weighted by Gasteiger charge is -2.23. The number of rotatable bonds is 9. The van der Waals surface area contributed by atoms with Crippen molar-refractivity contribution >= 4 is 18.0 Å². The summed E-state index contributed by atoms with van der Waals surface area (Å²) in [5.41, 5.74) is 3.74. The maximum absolute atomic E-state index is 13.5. The van der Waals surface area contributed by atoms with Crippen molar-refractivity contribution in [3.63, 3.8) is 0 Å². The van der Waals surface area contributed by atoms with Crippen LogP contribution in [0.15, 0.2) is 48.5 Å². The zero-order valence-corrected chi connectivity index (χ0v) is 18.7. The topological polar surface area (TPSA) is 105 Å². The number of carboxylic acids is 1. The van der Waals surface area contributed by atoms with Gasteiger partial charge in [0.15, 0.2) is 0 Å². The summed E-state index contributed by atoms with van der Waals surface area (Å²) >= 11 is 0. The highest BCUT2D eigenvalue weighted by Crippen LogP contribution is 2.44. The van der Waals surface area contributed by atoms with E-state index >= 15 is 0 Å². The number of nitrogens with one attached hydrogen (secondary N) is 2. The van der Waals surface area contributed by atoms with Gasteiger partial charge < -0.3 is 20.5 Å². The van der Waals surface area contributed by atoms with Gasteiger partial charge in [0.1, 0.15) is 6.61 Å². The van der Waals surface area contributed by atoms with Gasteiger partial charge >= 0.3 is 18.2 Å². The van der Waals surface area contributed by atoms with Crippen molar-refractivity contribution in [2.24, 2.45) is 11.8 Å². The Kier molecular flexibility index (Phi) is 7.00. The number of hydrogen-bond donors (Lipinski definition) is 3. The van der Waals surface area contributed by atoms with Crippen molar-refractivity contribution in [1.82, 2.24) is 10.6 Å². The summed E-state index contributed by atoms with van der Waals surface area (Å²) in [5, 5.41) is 12.8.